The fourth-order valence-corrected chi connectivity index (χ4v) is 0.775. The molecule has 0 aromatic carbocycles. The summed E-state index contributed by atoms with van der Waals surface area (Å²) in [6, 6.07) is 0. The van der Waals surface area contributed by atoms with Crippen molar-refractivity contribution in [3.63, 3.8) is 0 Å². The lowest BCUT2D eigenvalue weighted by Gasteiger charge is -2.15. The summed E-state index contributed by atoms with van der Waals surface area (Å²) in [4.78, 5) is 10.4. The number of allylic oxidation sites excluding steroid dienone is 1. The maximum Gasteiger partial charge on any atom is 0.153 e. The highest BCUT2D eigenvalue weighted by molar-refractivity contribution is 5.73. The zero-order chi connectivity index (χ0) is 8.85. The van der Waals surface area contributed by atoms with E-state index in [2.05, 4.69) is 12.3 Å². The second-order valence-electron chi connectivity index (χ2n) is 2.70. The maximum absolute atomic E-state index is 10.4. The molecule has 0 amide bonds. The van der Waals surface area contributed by atoms with E-state index in [4.69, 9.17) is 5.11 Å². The van der Waals surface area contributed by atoms with Crippen LogP contribution in [0.5, 0.6) is 0 Å². The number of carbonyl (C=O) groups is 1. The van der Waals surface area contributed by atoms with Crippen LogP contribution in [0.25, 0.3) is 0 Å². The molecule has 2 unspecified atom stereocenters. The average molecular weight is 154 g/mol. The lowest BCUT2D eigenvalue weighted by Crippen LogP contribution is -2.14. The maximum atomic E-state index is 10.4. The van der Waals surface area contributed by atoms with Crippen molar-refractivity contribution in [1.82, 2.24) is 0 Å². The van der Waals surface area contributed by atoms with E-state index in [1.54, 1.807) is 0 Å². The molecule has 0 aromatic rings. The average Bonchev–Trinajstić information content (AvgIpc) is 2.05. The summed E-state index contributed by atoms with van der Waals surface area (Å²) in [5.41, 5.74) is 3.09. The van der Waals surface area contributed by atoms with Gasteiger partial charge >= 0.3 is 0 Å². The summed E-state index contributed by atoms with van der Waals surface area (Å²) >= 11 is 0. The summed E-state index contributed by atoms with van der Waals surface area (Å²) in [5, 5.41) is 8.77. The number of rotatable bonds is 4. The van der Waals surface area contributed by atoms with Crippen LogP contribution >= 0.6 is 0 Å². The van der Waals surface area contributed by atoms with E-state index in [-0.39, 0.29) is 18.4 Å². The molecule has 2 nitrogen and oxygen atoms in total. The Hall–Kier alpha value is -0.850. The molecule has 11 heavy (non-hydrogen) atoms. The molecular weight excluding hydrogens is 140 g/mol. The van der Waals surface area contributed by atoms with E-state index in [0.29, 0.717) is 5.57 Å². The third-order valence-corrected chi connectivity index (χ3v) is 1.96. The molecular formula is C9H14O2. The third-order valence-electron chi connectivity index (χ3n) is 1.96. The molecule has 0 bridgehead atoms. The van der Waals surface area contributed by atoms with E-state index in [0.717, 1.165) is 6.29 Å². The minimum Gasteiger partial charge on any atom is -0.396 e. The quantitative estimate of drug-likeness (QED) is 0.375. The topological polar surface area (TPSA) is 37.3 Å². The van der Waals surface area contributed by atoms with Crippen molar-refractivity contribution in [3.05, 3.63) is 17.9 Å². The predicted octanol–water partition coefficient (Wildman–Crippen LogP) is 1.16. The van der Waals surface area contributed by atoms with Crippen LogP contribution in [0, 0.1) is 11.8 Å². The Morgan fingerprint density at radius 1 is 1.73 bits per heavy atom. The largest absolute Gasteiger partial charge is 0.396 e. The van der Waals surface area contributed by atoms with Gasteiger partial charge < -0.3 is 5.11 Å². The molecule has 0 saturated heterocycles. The second-order valence-corrected chi connectivity index (χ2v) is 2.70. The Morgan fingerprint density at radius 3 is 2.55 bits per heavy atom. The highest BCUT2D eigenvalue weighted by Gasteiger charge is 2.14. The van der Waals surface area contributed by atoms with Crippen LogP contribution in [0.1, 0.15) is 13.8 Å². The lowest BCUT2D eigenvalue weighted by atomic mass is 9.90. The minimum absolute atomic E-state index is 0.0370. The van der Waals surface area contributed by atoms with Crippen LogP contribution in [-0.2, 0) is 4.79 Å². The zero-order valence-electron chi connectivity index (χ0n) is 7.00. The Balaban J connectivity index is 4.32. The highest BCUT2D eigenvalue weighted by atomic mass is 16.3. The van der Waals surface area contributed by atoms with Crippen LogP contribution in [0.3, 0.4) is 0 Å². The second kappa shape index (κ2) is 4.89. The molecule has 0 heterocycles. The molecule has 0 aromatic heterocycles. The summed E-state index contributed by atoms with van der Waals surface area (Å²) in [7, 11) is 0. The fourth-order valence-electron chi connectivity index (χ4n) is 0.775. The predicted molar refractivity (Wildman–Crippen MR) is 44.1 cm³/mol. The minimum atomic E-state index is 0.0370. The van der Waals surface area contributed by atoms with Gasteiger partial charge in [-0.3, -0.25) is 4.79 Å². The smallest absolute Gasteiger partial charge is 0.153 e. The van der Waals surface area contributed by atoms with Gasteiger partial charge in [-0.1, -0.05) is 20.4 Å². The van der Waals surface area contributed by atoms with Gasteiger partial charge in [-0.25, -0.2) is 0 Å². The van der Waals surface area contributed by atoms with Crippen molar-refractivity contribution in [3.8, 4) is 0 Å². The zero-order valence-corrected chi connectivity index (χ0v) is 7.00. The van der Waals surface area contributed by atoms with Crippen molar-refractivity contribution in [2.24, 2.45) is 11.8 Å². The van der Waals surface area contributed by atoms with E-state index >= 15 is 0 Å². The first kappa shape index (κ1) is 10.2. The van der Waals surface area contributed by atoms with E-state index in [1.807, 2.05) is 13.8 Å². The molecule has 0 saturated carbocycles. The Kier molecular flexibility index (Phi) is 4.51. The van der Waals surface area contributed by atoms with Crippen LogP contribution in [0.4, 0.5) is 0 Å². The van der Waals surface area contributed by atoms with Crippen molar-refractivity contribution >= 4 is 6.29 Å². The first-order valence-corrected chi connectivity index (χ1v) is 3.63. The SMILES string of the molecule is C=C=C(C=O)C(C)C(C)CO. The number of aldehydes is 1. The molecule has 2 atom stereocenters. The first-order valence-electron chi connectivity index (χ1n) is 3.63. The molecule has 1 N–H and O–H groups in total. The van der Waals surface area contributed by atoms with Crippen LogP contribution in [0.15, 0.2) is 17.9 Å². The van der Waals surface area contributed by atoms with Gasteiger partial charge in [0, 0.05) is 12.2 Å². The summed E-state index contributed by atoms with van der Waals surface area (Å²) < 4.78 is 0. The molecule has 0 aliphatic heterocycles. The number of aliphatic hydroxyl groups is 1. The first-order chi connectivity index (χ1) is 5.17. The van der Waals surface area contributed by atoms with Gasteiger partial charge in [-0.05, 0) is 11.8 Å². The molecule has 2 heteroatoms. The molecule has 62 valence electrons. The molecule has 0 spiro atoms. The van der Waals surface area contributed by atoms with Crippen molar-refractivity contribution < 1.29 is 9.90 Å². The van der Waals surface area contributed by atoms with Crippen molar-refractivity contribution in [2.45, 2.75) is 13.8 Å². The van der Waals surface area contributed by atoms with Crippen LogP contribution < -0.4 is 0 Å². The van der Waals surface area contributed by atoms with Crippen molar-refractivity contribution in [1.29, 1.82) is 0 Å². The monoisotopic (exact) mass is 154 g/mol. The van der Waals surface area contributed by atoms with Crippen LogP contribution in [0.2, 0.25) is 0 Å². The number of hydrogen-bond donors (Lipinski definition) is 1. The van der Waals surface area contributed by atoms with Gasteiger partial charge in [0.05, 0.1) is 0 Å². The normalized spacial score (nSPS) is 14.8. The van der Waals surface area contributed by atoms with Crippen molar-refractivity contribution in [2.75, 3.05) is 6.61 Å². The van der Waals surface area contributed by atoms with Gasteiger partial charge in [-0.2, -0.15) is 0 Å². The number of aliphatic hydroxyl groups excluding tert-OH is 1. The lowest BCUT2D eigenvalue weighted by molar-refractivity contribution is -0.105. The van der Waals surface area contributed by atoms with Gasteiger partial charge in [0.2, 0.25) is 0 Å². The Morgan fingerprint density at radius 2 is 2.27 bits per heavy atom. The third kappa shape index (κ3) is 2.71. The van der Waals surface area contributed by atoms with E-state index in [1.165, 1.54) is 0 Å². The van der Waals surface area contributed by atoms with Gasteiger partial charge in [0.1, 0.15) is 0 Å². The van der Waals surface area contributed by atoms with E-state index in [9.17, 15) is 4.79 Å². The molecule has 0 fully saturated rings. The standard InChI is InChI=1S/C9H14O2/c1-4-9(6-11)8(3)7(2)5-10/h6-8,10H,1,5H2,2-3H3. The summed E-state index contributed by atoms with van der Waals surface area (Å²) in [6.07, 6.45) is 0.740. The molecule has 0 aliphatic rings. The van der Waals surface area contributed by atoms with E-state index < -0.39 is 0 Å². The molecule has 0 rings (SSSR count). The van der Waals surface area contributed by atoms with Crippen LogP contribution in [-0.4, -0.2) is 18.0 Å². The van der Waals surface area contributed by atoms with Gasteiger partial charge in [0.25, 0.3) is 0 Å². The molecule has 0 aliphatic carbocycles. The molecule has 0 radical (unpaired) electrons. The number of hydrogen-bond acceptors (Lipinski definition) is 2. The summed E-state index contributed by atoms with van der Waals surface area (Å²) in [5.74, 6) is 0.124. The van der Waals surface area contributed by atoms with Gasteiger partial charge in [-0.15, -0.1) is 5.73 Å². The Bertz CT molecular complexity index is 178. The highest BCUT2D eigenvalue weighted by Crippen LogP contribution is 2.16. The Labute approximate surface area is 67.2 Å². The summed E-state index contributed by atoms with van der Waals surface area (Å²) in [6.45, 7) is 7.24. The number of carbonyl (C=O) groups excluding carboxylic acids is 1. The van der Waals surface area contributed by atoms with Gasteiger partial charge in [0.15, 0.2) is 6.29 Å². The fraction of sp³-hybridized carbons (Fsp3) is 0.556.